The van der Waals surface area contributed by atoms with Crippen molar-refractivity contribution in [2.24, 2.45) is 0 Å². The fourth-order valence-electron chi connectivity index (χ4n) is 4.10. The van der Waals surface area contributed by atoms with Crippen molar-refractivity contribution in [3.63, 3.8) is 0 Å². The van der Waals surface area contributed by atoms with Crippen LogP contribution in [0.15, 0.2) is 24.4 Å². The zero-order valence-electron chi connectivity index (χ0n) is 16.2. The summed E-state index contributed by atoms with van der Waals surface area (Å²) in [5, 5.41) is 10.8. The Morgan fingerprint density at radius 3 is 2.79 bits per heavy atom. The normalized spacial score (nSPS) is 21.7. The second kappa shape index (κ2) is 6.77. The molecule has 3 aliphatic rings. The van der Waals surface area contributed by atoms with Gasteiger partial charge in [0.15, 0.2) is 0 Å². The van der Waals surface area contributed by atoms with Gasteiger partial charge in [-0.3, -0.25) is 24.6 Å². The maximum Gasteiger partial charge on any atom is 0.255 e. The van der Waals surface area contributed by atoms with Crippen molar-refractivity contribution in [2.75, 3.05) is 7.05 Å². The van der Waals surface area contributed by atoms with E-state index in [9.17, 15) is 14.4 Å². The third-order valence-electron chi connectivity index (χ3n) is 5.89. The van der Waals surface area contributed by atoms with E-state index in [2.05, 4.69) is 27.6 Å². The topological polar surface area (TPSA) is 100 Å². The number of benzene rings is 1. The van der Waals surface area contributed by atoms with Gasteiger partial charge >= 0.3 is 0 Å². The molecule has 1 aliphatic carbocycles. The number of piperidine rings is 1. The maximum absolute atomic E-state index is 12.8. The van der Waals surface area contributed by atoms with Crippen LogP contribution in [0.5, 0.6) is 0 Å². The second-order valence-corrected chi connectivity index (χ2v) is 8.04. The molecule has 1 saturated carbocycles. The lowest BCUT2D eigenvalue weighted by molar-refractivity contribution is -0.136. The van der Waals surface area contributed by atoms with Gasteiger partial charge < -0.3 is 4.90 Å². The first-order valence-corrected chi connectivity index (χ1v) is 9.89. The smallest absolute Gasteiger partial charge is 0.255 e. The van der Waals surface area contributed by atoms with Crippen LogP contribution in [0.4, 0.5) is 0 Å². The average molecular weight is 394 g/mol. The molecule has 1 saturated heterocycles. The molecule has 1 unspecified atom stereocenters. The van der Waals surface area contributed by atoms with Crippen molar-refractivity contribution in [3.05, 3.63) is 41.2 Å². The Morgan fingerprint density at radius 1 is 1.21 bits per heavy atom. The Kier molecular flexibility index (Phi) is 4.20. The number of hydrogen-bond acceptors (Lipinski definition) is 6. The zero-order valence-corrected chi connectivity index (χ0v) is 16.2. The highest BCUT2D eigenvalue weighted by Gasteiger charge is 2.39. The number of nitrogens with zero attached hydrogens (tertiary/aromatic N) is 5. The summed E-state index contributed by atoms with van der Waals surface area (Å²) in [6.07, 6.45) is 5.01. The molecule has 2 aromatic rings. The van der Waals surface area contributed by atoms with Gasteiger partial charge in [-0.05, 0) is 50.1 Å². The van der Waals surface area contributed by atoms with Gasteiger partial charge in [-0.15, -0.1) is 5.10 Å². The predicted molar refractivity (Wildman–Crippen MR) is 102 cm³/mol. The van der Waals surface area contributed by atoms with E-state index in [0.29, 0.717) is 24.6 Å². The molecule has 3 heterocycles. The minimum Gasteiger partial charge on any atom is -0.322 e. The number of carbonyl (C=O) groups is 3. The number of carbonyl (C=O) groups excluding carboxylic acids is 3. The standard InChI is InChI=1S/C20H22N6O3/c1-24(14-2-3-14)10-13-11-26(23-22-13)15-4-5-16-12(8-15)9-25(20(16)29)17-6-7-18(27)21-19(17)28/h4-5,8,11,14,17H,2-3,6-7,9-10H2,1H3,(H,21,27,28). The molecule has 2 fully saturated rings. The van der Waals surface area contributed by atoms with Gasteiger partial charge in [0, 0.05) is 31.1 Å². The predicted octanol–water partition coefficient (Wildman–Crippen LogP) is 0.622. The number of nitrogens with one attached hydrogen (secondary N) is 1. The molecule has 5 rings (SSSR count). The third kappa shape index (κ3) is 3.31. The summed E-state index contributed by atoms with van der Waals surface area (Å²) >= 11 is 0. The van der Waals surface area contributed by atoms with Crippen LogP contribution in [0.2, 0.25) is 0 Å². The Balaban J connectivity index is 1.34. The first-order chi connectivity index (χ1) is 14.0. The van der Waals surface area contributed by atoms with Gasteiger partial charge in [0.2, 0.25) is 11.8 Å². The van der Waals surface area contributed by atoms with Crippen molar-refractivity contribution in [2.45, 2.75) is 50.9 Å². The Morgan fingerprint density at radius 2 is 2.03 bits per heavy atom. The van der Waals surface area contributed by atoms with E-state index in [0.717, 1.165) is 23.5 Å². The van der Waals surface area contributed by atoms with Crippen molar-refractivity contribution in [1.82, 2.24) is 30.1 Å². The van der Waals surface area contributed by atoms with Crippen LogP contribution in [0.3, 0.4) is 0 Å². The van der Waals surface area contributed by atoms with Crippen LogP contribution in [-0.2, 0) is 22.7 Å². The van der Waals surface area contributed by atoms with E-state index in [4.69, 9.17) is 0 Å². The molecule has 1 aromatic carbocycles. The highest BCUT2D eigenvalue weighted by Crippen LogP contribution is 2.29. The van der Waals surface area contributed by atoms with Crippen LogP contribution in [0, 0.1) is 0 Å². The number of rotatable bonds is 5. The molecule has 0 bridgehead atoms. The molecule has 1 atom stereocenters. The molecule has 9 nitrogen and oxygen atoms in total. The van der Waals surface area contributed by atoms with E-state index in [-0.39, 0.29) is 18.2 Å². The summed E-state index contributed by atoms with van der Waals surface area (Å²) in [5.41, 5.74) is 3.17. The highest BCUT2D eigenvalue weighted by atomic mass is 16.2. The quantitative estimate of drug-likeness (QED) is 0.747. The zero-order chi connectivity index (χ0) is 20.1. The van der Waals surface area contributed by atoms with Gasteiger partial charge in [-0.25, -0.2) is 4.68 Å². The average Bonchev–Trinajstić information content (AvgIpc) is 3.37. The molecular weight excluding hydrogens is 372 g/mol. The number of fused-ring (bicyclic) bond motifs is 1. The van der Waals surface area contributed by atoms with E-state index in [1.54, 1.807) is 15.6 Å². The highest BCUT2D eigenvalue weighted by molar-refractivity contribution is 6.05. The first kappa shape index (κ1) is 18.0. The molecule has 0 radical (unpaired) electrons. The van der Waals surface area contributed by atoms with Crippen LogP contribution < -0.4 is 5.32 Å². The SMILES string of the molecule is CN(Cc1cn(-c2ccc3c(c2)CN(C2CCC(=O)NC2=O)C3=O)nn1)C1CC1. The van der Waals surface area contributed by atoms with Crippen molar-refractivity contribution in [3.8, 4) is 5.69 Å². The lowest BCUT2D eigenvalue weighted by Gasteiger charge is -2.29. The fraction of sp³-hybridized carbons (Fsp3) is 0.450. The van der Waals surface area contributed by atoms with Crippen LogP contribution in [0.25, 0.3) is 5.69 Å². The molecule has 150 valence electrons. The number of hydrogen-bond donors (Lipinski definition) is 1. The summed E-state index contributed by atoms with van der Waals surface area (Å²) < 4.78 is 1.72. The lowest BCUT2D eigenvalue weighted by Crippen LogP contribution is -2.52. The fourth-order valence-corrected chi connectivity index (χ4v) is 4.10. The van der Waals surface area contributed by atoms with Gasteiger partial charge in [0.05, 0.1) is 17.6 Å². The van der Waals surface area contributed by atoms with Crippen LogP contribution in [0.1, 0.15) is 47.3 Å². The summed E-state index contributed by atoms with van der Waals surface area (Å²) in [6, 6.07) is 5.59. The minimum absolute atomic E-state index is 0.175. The van der Waals surface area contributed by atoms with Gasteiger partial charge in [0.1, 0.15) is 6.04 Å². The van der Waals surface area contributed by atoms with Crippen molar-refractivity contribution < 1.29 is 14.4 Å². The Hall–Kier alpha value is -3.07. The molecule has 9 heteroatoms. The van der Waals surface area contributed by atoms with Crippen molar-refractivity contribution >= 4 is 17.7 Å². The molecule has 1 aromatic heterocycles. The number of amides is 3. The second-order valence-electron chi connectivity index (χ2n) is 8.04. The Bertz CT molecular complexity index is 1010. The number of aromatic nitrogens is 3. The first-order valence-electron chi connectivity index (χ1n) is 9.89. The van der Waals surface area contributed by atoms with E-state index in [1.807, 2.05) is 18.3 Å². The largest absolute Gasteiger partial charge is 0.322 e. The molecule has 1 N–H and O–H groups in total. The molecular formula is C20H22N6O3. The van der Waals surface area contributed by atoms with Crippen molar-refractivity contribution in [1.29, 1.82) is 0 Å². The summed E-state index contributed by atoms with van der Waals surface area (Å²) in [4.78, 5) is 40.2. The molecule has 2 aliphatic heterocycles. The summed E-state index contributed by atoms with van der Waals surface area (Å²) in [5.74, 6) is -0.860. The molecule has 0 spiro atoms. The third-order valence-corrected chi connectivity index (χ3v) is 5.89. The monoisotopic (exact) mass is 394 g/mol. The van der Waals surface area contributed by atoms with Gasteiger partial charge in [0.25, 0.3) is 5.91 Å². The van der Waals surface area contributed by atoms with E-state index < -0.39 is 11.9 Å². The van der Waals surface area contributed by atoms with E-state index >= 15 is 0 Å². The number of imide groups is 1. The molecule has 29 heavy (non-hydrogen) atoms. The van der Waals surface area contributed by atoms with E-state index in [1.165, 1.54) is 12.8 Å². The maximum atomic E-state index is 12.8. The minimum atomic E-state index is -0.605. The molecule has 3 amide bonds. The summed E-state index contributed by atoms with van der Waals surface area (Å²) in [6.45, 7) is 1.11. The summed E-state index contributed by atoms with van der Waals surface area (Å²) in [7, 11) is 2.10. The van der Waals surface area contributed by atoms with Crippen LogP contribution >= 0.6 is 0 Å². The van der Waals surface area contributed by atoms with Gasteiger partial charge in [-0.2, -0.15) is 0 Å². The Labute approximate surface area is 167 Å². The lowest BCUT2D eigenvalue weighted by atomic mass is 10.0. The van der Waals surface area contributed by atoms with Gasteiger partial charge in [-0.1, -0.05) is 5.21 Å². The van der Waals surface area contributed by atoms with Crippen LogP contribution in [-0.4, -0.2) is 61.6 Å².